The zero-order valence-corrected chi connectivity index (χ0v) is 14.8. The van der Waals surface area contributed by atoms with Crippen molar-refractivity contribution in [3.05, 3.63) is 24.3 Å². The molecular weight excluding hydrogens is 346 g/mol. The molecule has 1 aliphatic heterocycles. The van der Waals surface area contributed by atoms with Crippen LogP contribution in [0.2, 0.25) is 0 Å². The summed E-state index contributed by atoms with van der Waals surface area (Å²) in [4.78, 5) is 25.2. The number of benzene rings is 1. The fraction of sp³-hybridized carbons (Fsp3) is 0.438. The normalized spacial score (nSPS) is 19.8. The van der Waals surface area contributed by atoms with Crippen LogP contribution in [0, 0.1) is 0 Å². The lowest BCUT2D eigenvalue weighted by Gasteiger charge is -2.37. The maximum absolute atomic E-state index is 9.10. The zero-order chi connectivity index (χ0) is 18.4. The number of nitrogens with one attached hydrogen (secondary N) is 1. The first-order valence-electron chi connectivity index (χ1n) is 7.72. The van der Waals surface area contributed by atoms with E-state index < -0.39 is 11.9 Å². The maximum atomic E-state index is 9.10. The second-order valence-electron chi connectivity index (χ2n) is 5.52. The Morgan fingerprint density at radius 3 is 2.60 bits per heavy atom. The fourth-order valence-electron chi connectivity index (χ4n) is 2.65. The van der Waals surface area contributed by atoms with Crippen molar-refractivity contribution in [1.29, 1.82) is 0 Å². The van der Waals surface area contributed by atoms with Gasteiger partial charge in [-0.25, -0.2) is 14.6 Å². The molecule has 3 N–H and O–H groups in total. The molecule has 0 aliphatic carbocycles. The quantitative estimate of drug-likeness (QED) is 0.695. The molecule has 1 aromatic heterocycles. The Hall–Kier alpha value is -2.23. The van der Waals surface area contributed by atoms with Gasteiger partial charge in [0.1, 0.15) is 0 Å². The number of para-hydroxylation sites is 1. The number of hydrogen-bond donors (Lipinski definition) is 3. The van der Waals surface area contributed by atoms with Gasteiger partial charge in [-0.15, -0.1) is 0 Å². The Morgan fingerprint density at radius 1 is 1.32 bits per heavy atom. The molecule has 0 bridgehead atoms. The minimum absolute atomic E-state index is 0.228. The molecule has 1 aliphatic rings. The van der Waals surface area contributed by atoms with Gasteiger partial charge in [-0.2, -0.15) is 0 Å². The van der Waals surface area contributed by atoms with Crippen molar-refractivity contribution in [2.45, 2.75) is 18.6 Å². The molecule has 0 amide bonds. The number of hydrogen-bond acceptors (Lipinski definition) is 7. The number of ether oxygens (including phenoxy) is 1. The first-order chi connectivity index (χ1) is 11.9. The Kier molecular flexibility index (Phi) is 6.68. The van der Waals surface area contributed by atoms with Crippen LogP contribution in [-0.2, 0) is 14.3 Å². The lowest BCUT2D eigenvalue weighted by Crippen LogP contribution is -2.52. The summed E-state index contributed by atoms with van der Waals surface area (Å²) < 4.78 is 6.84. The van der Waals surface area contributed by atoms with Crippen molar-refractivity contribution in [3.8, 4) is 0 Å². The average molecular weight is 367 g/mol. The van der Waals surface area contributed by atoms with Gasteiger partial charge >= 0.3 is 11.9 Å². The number of anilines is 1. The summed E-state index contributed by atoms with van der Waals surface area (Å²) in [6, 6.07) is 8.69. The van der Waals surface area contributed by atoms with Crippen LogP contribution in [0.4, 0.5) is 5.13 Å². The monoisotopic (exact) mass is 367 g/mol. The molecule has 1 aromatic carbocycles. The Balaban J connectivity index is 0.000000326. The molecule has 9 heteroatoms. The fourth-order valence-corrected chi connectivity index (χ4v) is 3.64. The van der Waals surface area contributed by atoms with E-state index >= 15 is 0 Å². The van der Waals surface area contributed by atoms with Crippen molar-refractivity contribution in [1.82, 2.24) is 10.3 Å². The maximum Gasteiger partial charge on any atom is 0.414 e. The van der Waals surface area contributed by atoms with E-state index in [1.54, 1.807) is 18.4 Å². The molecule has 8 nitrogen and oxygen atoms in total. The summed E-state index contributed by atoms with van der Waals surface area (Å²) in [6.45, 7) is 1.95. The standard InChI is InChI=1S/C14H19N3OS.C2H2O4/c1-17(11-7-8-15-9-12(11)18-2)14-16-10-5-3-4-6-13(10)19-14;3-1(4)2(5)6/h3-6,11-12,15H,7-9H2,1-2H3;(H,3,4)(H,5,6). The number of methoxy groups -OCH3 is 1. The van der Waals surface area contributed by atoms with E-state index in [1.807, 2.05) is 6.07 Å². The van der Waals surface area contributed by atoms with Crippen LogP contribution in [0.5, 0.6) is 0 Å². The van der Waals surface area contributed by atoms with Crippen LogP contribution in [0.25, 0.3) is 10.2 Å². The summed E-state index contributed by atoms with van der Waals surface area (Å²) in [6.07, 6.45) is 1.32. The van der Waals surface area contributed by atoms with Crippen LogP contribution in [0.1, 0.15) is 6.42 Å². The molecule has 3 rings (SSSR count). The largest absolute Gasteiger partial charge is 0.473 e. The van der Waals surface area contributed by atoms with Crippen LogP contribution in [0.15, 0.2) is 24.3 Å². The lowest BCUT2D eigenvalue weighted by atomic mass is 10.0. The van der Waals surface area contributed by atoms with E-state index in [4.69, 9.17) is 29.5 Å². The number of piperidine rings is 1. The summed E-state index contributed by atoms with van der Waals surface area (Å²) in [5.74, 6) is -3.65. The van der Waals surface area contributed by atoms with Gasteiger partial charge in [0.15, 0.2) is 5.13 Å². The van der Waals surface area contributed by atoms with Crippen molar-refractivity contribution < 1.29 is 24.5 Å². The molecule has 2 atom stereocenters. The molecule has 136 valence electrons. The summed E-state index contributed by atoms with van der Waals surface area (Å²) >= 11 is 1.75. The third kappa shape index (κ3) is 4.88. The second kappa shape index (κ2) is 8.75. The second-order valence-corrected chi connectivity index (χ2v) is 6.53. The molecule has 1 saturated heterocycles. The number of fused-ring (bicyclic) bond motifs is 1. The number of thiazole rings is 1. The number of aliphatic carboxylic acids is 2. The van der Waals surface area contributed by atoms with Gasteiger partial charge in [-0.1, -0.05) is 23.5 Å². The van der Waals surface area contributed by atoms with Crippen LogP contribution >= 0.6 is 11.3 Å². The predicted molar refractivity (Wildman–Crippen MR) is 95.4 cm³/mol. The number of nitrogens with zero attached hydrogens (tertiary/aromatic N) is 2. The van der Waals surface area contributed by atoms with Gasteiger partial charge in [-0.05, 0) is 25.1 Å². The molecule has 0 saturated carbocycles. The highest BCUT2D eigenvalue weighted by molar-refractivity contribution is 7.22. The van der Waals surface area contributed by atoms with Gasteiger partial charge in [-0.3, -0.25) is 0 Å². The van der Waals surface area contributed by atoms with Gasteiger partial charge in [0.25, 0.3) is 0 Å². The predicted octanol–water partition coefficient (Wildman–Crippen LogP) is 1.26. The highest BCUT2D eigenvalue weighted by Crippen LogP contribution is 2.30. The summed E-state index contributed by atoms with van der Waals surface area (Å²) in [5.41, 5.74) is 1.08. The number of rotatable bonds is 3. The smallest absolute Gasteiger partial charge is 0.414 e. The highest BCUT2D eigenvalue weighted by Gasteiger charge is 2.29. The van der Waals surface area contributed by atoms with Gasteiger partial charge < -0.3 is 25.2 Å². The highest BCUT2D eigenvalue weighted by atomic mass is 32.1. The van der Waals surface area contributed by atoms with Crippen LogP contribution in [-0.4, -0.2) is 66.5 Å². The minimum atomic E-state index is -1.82. The van der Waals surface area contributed by atoms with Crippen LogP contribution < -0.4 is 10.2 Å². The number of carboxylic acids is 2. The number of likely N-dealkylation sites (N-methyl/N-ethyl adjacent to an activating group) is 1. The van der Waals surface area contributed by atoms with Gasteiger partial charge in [0, 0.05) is 20.7 Å². The molecule has 1 fully saturated rings. The van der Waals surface area contributed by atoms with Crippen LogP contribution in [0.3, 0.4) is 0 Å². The van der Waals surface area contributed by atoms with E-state index in [0.29, 0.717) is 6.04 Å². The van der Waals surface area contributed by atoms with Crippen molar-refractivity contribution in [2.24, 2.45) is 0 Å². The molecule has 25 heavy (non-hydrogen) atoms. The van der Waals surface area contributed by atoms with E-state index in [0.717, 1.165) is 30.2 Å². The number of aromatic nitrogens is 1. The first-order valence-corrected chi connectivity index (χ1v) is 8.53. The molecule has 2 unspecified atom stereocenters. The summed E-state index contributed by atoms with van der Waals surface area (Å²) in [7, 11) is 3.91. The number of carbonyl (C=O) groups is 2. The van der Waals surface area contributed by atoms with E-state index in [-0.39, 0.29) is 6.10 Å². The third-order valence-corrected chi connectivity index (χ3v) is 5.09. The summed E-state index contributed by atoms with van der Waals surface area (Å²) in [5, 5.41) is 19.2. The Labute approximate surface area is 149 Å². The van der Waals surface area contributed by atoms with Crippen molar-refractivity contribution in [3.63, 3.8) is 0 Å². The van der Waals surface area contributed by atoms with Crippen molar-refractivity contribution in [2.75, 3.05) is 32.1 Å². The van der Waals surface area contributed by atoms with Gasteiger partial charge in [0.05, 0.1) is 22.4 Å². The molecule has 0 spiro atoms. The van der Waals surface area contributed by atoms with Crippen molar-refractivity contribution >= 4 is 38.6 Å². The van der Waals surface area contributed by atoms with E-state index in [1.165, 1.54) is 4.70 Å². The Morgan fingerprint density at radius 2 is 2.00 bits per heavy atom. The minimum Gasteiger partial charge on any atom is -0.473 e. The molecule has 0 radical (unpaired) electrons. The first kappa shape index (κ1) is 19.1. The SMILES string of the molecule is COC1CNCCC1N(C)c1nc2ccccc2s1.O=C(O)C(=O)O. The molecule has 2 aromatic rings. The zero-order valence-electron chi connectivity index (χ0n) is 14.0. The topological polar surface area (TPSA) is 112 Å². The van der Waals surface area contributed by atoms with Gasteiger partial charge in [0.2, 0.25) is 0 Å². The average Bonchev–Trinajstić information content (AvgIpc) is 3.05. The Bertz CT molecular complexity index is 690. The number of carboxylic acid groups (broad SMARTS) is 2. The molecule has 2 heterocycles. The van der Waals surface area contributed by atoms with E-state index in [9.17, 15) is 0 Å². The lowest BCUT2D eigenvalue weighted by molar-refractivity contribution is -0.159. The van der Waals surface area contributed by atoms with E-state index in [2.05, 4.69) is 35.5 Å². The third-order valence-electron chi connectivity index (χ3n) is 3.96. The molecular formula is C16H21N3O5S.